The van der Waals surface area contributed by atoms with Crippen molar-refractivity contribution in [2.75, 3.05) is 18.6 Å². The van der Waals surface area contributed by atoms with Crippen LogP contribution in [0.1, 0.15) is 19.8 Å². The maximum atomic E-state index is 12.5. The van der Waals surface area contributed by atoms with E-state index in [0.717, 1.165) is 19.1 Å². The number of sulfone groups is 1. The smallest absolute Gasteiger partial charge is 0.242 e. The molecule has 0 amide bonds. The maximum Gasteiger partial charge on any atom is 0.242 e. The molecule has 0 saturated heterocycles. The Bertz CT molecular complexity index is 737. The van der Waals surface area contributed by atoms with E-state index in [0.29, 0.717) is 11.6 Å². The highest BCUT2D eigenvalue weighted by Gasteiger charge is 2.32. The van der Waals surface area contributed by atoms with Gasteiger partial charge in [-0.3, -0.25) is 0 Å². The highest BCUT2D eigenvalue weighted by atomic mass is 32.2. The number of sulfonamides is 1. The average Bonchev–Trinajstić information content (AvgIpc) is 3.20. The lowest BCUT2D eigenvalue weighted by atomic mass is 10.2. The van der Waals surface area contributed by atoms with Crippen molar-refractivity contribution in [2.45, 2.75) is 35.6 Å². The van der Waals surface area contributed by atoms with Crippen LogP contribution < -0.4 is 10.0 Å². The molecule has 1 aliphatic carbocycles. The van der Waals surface area contributed by atoms with E-state index in [2.05, 4.69) is 10.0 Å². The molecule has 21 heavy (non-hydrogen) atoms. The van der Waals surface area contributed by atoms with Crippen LogP contribution in [-0.2, 0) is 19.9 Å². The zero-order valence-corrected chi connectivity index (χ0v) is 13.9. The Labute approximate surface area is 125 Å². The molecule has 0 aromatic heterocycles. The molecular weight excluding hydrogens is 312 g/mol. The highest BCUT2D eigenvalue weighted by molar-refractivity contribution is 7.91. The lowest BCUT2D eigenvalue weighted by Crippen LogP contribution is -2.34. The van der Waals surface area contributed by atoms with E-state index in [-0.39, 0.29) is 15.8 Å². The van der Waals surface area contributed by atoms with Gasteiger partial charge in [0.15, 0.2) is 9.84 Å². The first-order valence-electron chi connectivity index (χ1n) is 6.69. The fourth-order valence-corrected chi connectivity index (χ4v) is 4.44. The SMILES string of the molecule is CNc1ccc(S(C)(=O)=O)cc1S(=O)(=O)NC(C)C1CC1. The van der Waals surface area contributed by atoms with Crippen LogP contribution in [0.15, 0.2) is 28.0 Å². The molecule has 0 spiro atoms. The Morgan fingerprint density at radius 2 is 1.81 bits per heavy atom. The number of anilines is 1. The number of nitrogens with one attached hydrogen (secondary N) is 2. The van der Waals surface area contributed by atoms with Crippen molar-refractivity contribution in [3.63, 3.8) is 0 Å². The quantitative estimate of drug-likeness (QED) is 0.817. The second kappa shape index (κ2) is 5.58. The fourth-order valence-electron chi connectivity index (χ4n) is 2.16. The summed E-state index contributed by atoms with van der Waals surface area (Å²) in [5, 5.41) is 2.78. The molecule has 0 radical (unpaired) electrons. The molecule has 2 N–H and O–H groups in total. The molecule has 1 atom stereocenters. The van der Waals surface area contributed by atoms with E-state index in [1.807, 2.05) is 6.92 Å². The van der Waals surface area contributed by atoms with Gasteiger partial charge in [0, 0.05) is 19.3 Å². The molecule has 8 heteroatoms. The van der Waals surface area contributed by atoms with Crippen LogP contribution in [0.3, 0.4) is 0 Å². The molecule has 118 valence electrons. The fraction of sp³-hybridized carbons (Fsp3) is 0.538. The first-order valence-corrected chi connectivity index (χ1v) is 10.1. The largest absolute Gasteiger partial charge is 0.387 e. The van der Waals surface area contributed by atoms with Crippen molar-refractivity contribution in [1.29, 1.82) is 0 Å². The molecule has 1 fully saturated rings. The van der Waals surface area contributed by atoms with Crippen LogP contribution in [0.4, 0.5) is 5.69 Å². The van der Waals surface area contributed by atoms with Crippen molar-refractivity contribution in [1.82, 2.24) is 4.72 Å². The molecule has 1 unspecified atom stereocenters. The van der Waals surface area contributed by atoms with Crippen molar-refractivity contribution in [3.8, 4) is 0 Å². The molecule has 0 aliphatic heterocycles. The normalized spacial score (nSPS) is 17.5. The summed E-state index contributed by atoms with van der Waals surface area (Å²) < 4.78 is 50.8. The van der Waals surface area contributed by atoms with Gasteiger partial charge < -0.3 is 5.32 Å². The van der Waals surface area contributed by atoms with Crippen molar-refractivity contribution < 1.29 is 16.8 Å². The molecule has 1 aromatic rings. The molecule has 1 aromatic carbocycles. The lowest BCUT2D eigenvalue weighted by Gasteiger charge is -2.16. The first-order chi connectivity index (χ1) is 9.65. The van der Waals surface area contributed by atoms with Crippen LogP contribution in [0.5, 0.6) is 0 Å². The predicted molar refractivity (Wildman–Crippen MR) is 81.6 cm³/mol. The van der Waals surface area contributed by atoms with Gasteiger partial charge >= 0.3 is 0 Å². The predicted octanol–water partition coefficient (Wildman–Crippen LogP) is 1.21. The summed E-state index contributed by atoms with van der Waals surface area (Å²) in [5.74, 6) is 0.371. The Balaban J connectivity index is 2.44. The zero-order chi connectivity index (χ0) is 15.8. The second-order valence-electron chi connectivity index (χ2n) is 5.43. The molecule has 2 rings (SSSR count). The van der Waals surface area contributed by atoms with Crippen molar-refractivity contribution >= 4 is 25.5 Å². The van der Waals surface area contributed by atoms with Gasteiger partial charge in [-0.25, -0.2) is 21.6 Å². The van der Waals surface area contributed by atoms with Crippen LogP contribution >= 0.6 is 0 Å². The summed E-state index contributed by atoms with van der Waals surface area (Å²) in [6.45, 7) is 1.83. The Hall–Kier alpha value is -1.12. The molecular formula is C13H20N2O4S2. The van der Waals surface area contributed by atoms with E-state index in [1.54, 1.807) is 7.05 Å². The summed E-state index contributed by atoms with van der Waals surface area (Å²) >= 11 is 0. The summed E-state index contributed by atoms with van der Waals surface area (Å²) in [4.78, 5) is -0.0543. The zero-order valence-electron chi connectivity index (χ0n) is 12.3. The lowest BCUT2D eigenvalue weighted by molar-refractivity contribution is 0.538. The van der Waals surface area contributed by atoms with Crippen molar-refractivity contribution in [2.24, 2.45) is 5.92 Å². The first kappa shape index (κ1) is 16.3. The maximum absolute atomic E-state index is 12.5. The summed E-state index contributed by atoms with van der Waals surface area (Å²) in [7, 11) is -5.63. The van der Waals surface area contributed by atoms with Gasteiger partial charge in [-0.2, -0.15) is 0 Å². The summed E-state index contributed by atoms with van der Waals surface area (Å²) in [5.41, 5.74) is 0.373. The third-order valence-corrected chi connectivity index (χ3v) is 6.32. The minimum absolute atomic E-state index is 0.0130. The van der Waals surface area contributed by atoms with E-state index < -0.39 is 19.9 Å². The van der Waals surface area contributed by atoms with E-state index in [4.69, 9.17) is 0 Å². The molecule has 0 heterocycles. The Morgan fingerprint density at radius 1 is 1.19 bits per heavy atom. The molecule has 1 aliphatic rings. The summed E-state index contributed by atoms with van der Waals surface area (Å²) in [6, 6.07) is 3.90. The third-order valence-electron chi connectivity index (χ3n) is 3.61. The minimum Gasteiger partial charge on any atom is -0.387 e. The van der Waals surface area contributed by atoms with Crippen molar-refractivity contribution in [3.05, 3.63) is 18.2 Å². The number of hydrogen-bond acceptors (Lipinski definition) is 5. The second-order valence-corrected chi connectivity index (χ2v) is 9.13. The average molecular weight is 332 g/mol. The Kier molecular flexibility index (Phi) is 4.32. The van der Waals surface area contributed by atoms with E-state index >= 15 is 0 Å². The topological polar surface area (TPSA) is 92.3 Å². The number of rotatable bonds is 6. The third kappa shape index (κ3) is 3.75. The van der Waals surface area contributed by atoms with E-state index in [1.165, 1.54) is 18.2 Å². The van der Waals surface area contributed by atoms with Gasteiger partial charge in [0.1, 0.15) is 4.90 Å². The van der Waals surface area contributed by atoms with Crippen LogP contribution in [-0.4, -0.2) is 36.2 Å². The number of benzene rings is 1. The number of hydrogen-bond donors (Lipinski definition) is 2. The standard InChI is InChI=1S/C13H20N2O4S2/c1-9(10-4-5-10)15-21(18,19)13-8-11(20(3,16)17)6-7-12(13)14-2/h6-10,14-15H,4-5H2,1-3H3. The van der Waals surface area contributed by atoms with Gasteiger partial charge in [0.25, 0.3) is 0 Å². The molecule has 6 nitrogen and oxygen atoms in total. The van der Waals surface area contributed by atoms with Gasteiger partial charge in [0.2, 0.25) is 10.0 Å². The van der Waals surface area contributed by atoms with Gasteiger partial charge in [0.05, 0.1) is 10.6 Å². The van der Waals surface area contributed by atoms with Gasteiger partial charge in [-0.1, -0.05) is 0 Å². The monoisotopic (exact) mass is 332 g/mol. The van der Waals surface area contributed by atoms with Crippen LogP contribution in [0, 0.1) is 5.92 Å². The van der Waals surface area contributed by atoms with Gasteiger partial charge in [-0.15, -0.1) is 0 Å². The van der Waals surface area contributed by atoms with Crippen LogP contribution in [0.2, 0.25) is 0 Å². The molecule has 1 saturated carbocycles. The minimum atomic E-state index is -3.77. The Morgan fingerprint density at radius 3 is 2.29 bits per heavy atom. The molecule has 0 bridgehead atoms. The van der Waals surface area contributed by atoms with Crippen LogP contribution in [0.25, 0.3) is 0 Å². The van der Waals surface area contributed by atoms with Gasteiger partial charge in [-0.05, 0) is 43.9 Å². The summed E-state index contributed by atoms with van der Waals surface area (Å²) in [6.07, 6.45) is 3.09. The highest BCUT2D eigenvalue weighted by Crippen LogP contribution is 2.33. The van der Waals surface area contributed by atoms with E-state index in [9.17, 15) is 16.8 Å².